The summed E-state index contributed by atoms with van der Waals surface area (Å²) in [7, 11) is 1.31. The van der Waals surface area contributed by atoms with Crippen LogP contribution in [0, 0.1) is 0 Å². The standard InChI is InChI=1S/C30H33NO5/c1-34-30(33)24-18-10-11-19-25(24)31-29(32)28(22-14-6-5-7-15-22)36-27-21-13-12-20-26(27)35-23-16-8-3-2-4-9-17-23/h5-7,10-15,18-21,23,28H,2-4,8-9,16-17H2,1H3,(H,31,32). The SMILES string of the molecule is COC(=O)c1ccccc1NC(=O)C(Oc1ccccc1OC1CCCCCCC1)c1ccccc1. The van der Waals surface area contributed by atoms with Crippen LogP contribution >= 0.6 is 0 Å². The van der Waals surface area contributed by atoms with Gasteiger partial charge in [-0.2, -0.15) is 0 Å². The van der Waals surface area contributed by atoms with Crippen molar-refractivity contribution in [3.05, 3.63) is 90.0 Å². The maximum Gasteiger partial charge on any atom is 0.339 e. The molecule has 1 atom stereocenters. The van der Waals surface area contributed by atoms with E-state index in [2.05, 4.69) is 5.32 Å². The second-order valence-corrected chi connectivity index (χ2v) is 8.97. The average molecular weight is 488 g/mol. The lowest BCUT2D eigenvalue weighted by Crippen LogP contribution is -2.27. The Hall–Kier alpha value is -3.80. The lowest BCUT2D eigenvalue weighted by Gasteiger charge is -2.25. The summed E-state index contributed by atoms with van der Waals surface area (Å²) >= 11 is 0. The summed E-state index contributed by atoms with van der Waals surface area (Å²) in [5.74, 6) is 0.205. The molecule has 0 saturated heterocycles. The minimum absolute atomic E-state index is 0.131. The fourth-order valence-corrected chi connectivity index (χ4v) is 4.47. The molecule has 0 aromatic heterocycles. The normalized spacial score (nSPS) is 15.1. The Kier molecular flexibility index (Phi) is 8.98. The smallest absolute Gasteiger partial charge is 0.339 e. The first-order chi connectivity index (χ1) is 17.7. The Labute approximate surface area is 212 Å². The Morgan fingerprint density at radius 2 is 1.39 bits per heavy atom. The topological polar surface area (TPSA) is 73.9 Å². The molecule has 3 aromatic carbocycles. The van der Waals surface area contributed by atoms with Crippen LogP contribution in [0.5, 0.6) is 11.5 Å². The van der Waals surface area contributed by atoms with Gasteiger partial charge in [0.25, 0.3) is 5.91 Å². The van der Waals surface area contributed by atoms with E-state index in [9.17, 15) is 9.59 Å². The fraction of sp³-hybridized carbons (Fsp3) is 0.333. The van der Waals surface area contributed by atoms with E-state index in [1.807, 2.05) is 54.6 Å². The van der Waals surface area contributed by atoms with Gasteiger partial charge < -0.3 is 19.5 Å². The monoisotopic (exact) mass is 487 g/mol. The molecule has 4 rings (SSSR count). The van der Waals surface area contributed by atoms with Gasteiger partial charge in [0.1, 0.15) is 0 Å². The van der Waals surface area contributed by atoms with Gasteiger partial charge in [0.2, 0.25) is 6.10 Å². The van der Waals surface area contributed by atoms with Crippen molar-refractivity contribution in [1.82, 2.24) is 0 Å². The van der Waals surface area contributed by atoms with Gasteiger partial charge in [-0.1, -0.05) is 73.9 Å². The predicted molar refractivity (Wildman–Crippen MR) is 139 cm³/mol. The van der Waals surface area contributed by atoms with Crippen molar-refractivity contribution in [3.63, 3.8) is 0 Å². The van der Waals surface area contributed by atoms with E-state index in [1.165, 1.54) is 26.4 Å². The third-order valence-corrected chi connectivity index (χ3v) is 6.37. The second kappa shape index (κ2) is 12.8. The zero-order valence-corrected chi connectivity index (χ0v) is 20.7. The van der Waals surface area contributed by atoms with Crippen LogP contribution in [0.2, 0.25) is 0 Å². The summed E-state index contributed by atoms with van der Waals surface area (Å²) in [6.07, 6.45) is 7.28. The Morgan fingerprint density at radius 1 is 0.778 bits per heavy atom. The van der Waals surface area contributed by atoms with Crippen molar-refractivity contribution < 1.29 is 23.8 Å². The molecule has 0 heterocycles. The van der Waals surface area contributed by atoms with E-state index >= 15 is 0 Å². The van der Waals surface area contributed by atoms with Gasteiger partial charge >= 0.3 is 5.97 Å². The molecule has 6 heteroatoms. The van der Waals surface area contributed by atoms with Crippen LogP contribution in [0.1, 0.15) is 67.0 Å². The molecule has 1 fully saturated rings. The van der Waals surface area contributed by atoms with Gasteiger partial charge in [-0.3, -0.25) is 4.79 Å². The molecule has 1 amide bonds. The average Bonchev–Trinajstić information content (AvgIpc) is 2.89. The number of carbonyl (C=O) groups excluding carboxylic acids is 2. The minimum Gasteiger partial charge on any atom is -0.487 e. The summed E-state index contributed by atoms with van der Waals surface area (Å²) in [5, 5.41) is 2.86. The van der Waals surface area contributed by atoms with Crippen LogP contribution in [-0.2, 0) is 9.53 Å². The molecule has 1 aliphatic carbocycles. The van der Waals surface area contributed by atoms with E-state index in [4.69, 9.17) is 14.2 Å². The van der Waals surface area contributed by atoms with Crippen LogP contribution in [0.25, 0.3) is 0 Å². The van der Waals surface area contributed by atoms with E-state index in [0.717, 1.165) is 25.7 Å². The zero-order valence-electron chi connectivity index (χ0n) is 20.7. The number of benzene rings is 3. The Bertz CT molecular complexity index is 1140. The lowest BCUT2D eigenvalue weighted by atomic mass is 9.98. The molecule has 1 aliphatic rings. The van der Waals surface area contributed by atoms with Gasteiger partial charge in [-0.15, -0.1) is 0 Å². The summed E-state index contributed by atoms with van der Waals surface area (Å²) < 4.78 is 17.6. The summed E-state index contributed by atoms with van der Waals surface area (Å²) in [6, 6.07) is 23.5. The maximum absolute atomic E-state index is 13.5. The minimum atomic E-state index is -0.959. The highest BCUT2D eigenvalue weighted by Gasteiger charge is 2.26. The van der Waals surface area contributed by atoms with Gasteiger partial charge in [0.15, 0.2) is 11.5 Å². The van der Waals surface area contributed by atoms with Crippen LogP contribution in [-0.4, -0.2) is 25.1 Å². The number of carbonyl (C=O) groups is 2. The van der Waals surface area contributed by atoms with Crippen molar-refractivity contribution >= 4 is 17.6 Å². The Morgan fingerprint density at radius 3 is 2.11 bits per heavy atom. The fourth-order valence-electron chi connectivity index (χ4n) is 4.47. The largest absolute Gasteiger partial charge is 0.487 e. The second-order valence-electron chi connectivity index (χ2n) is 8.97. The van der Waals surface area contributed by atoms with Crippen LogP contribution < -0.4 is 14.8 Å². The van der Waals surface area contributed by atoms with E-state index < -0.39 is 18.0 Å². The Balaban J connectivity index is 1.58. The molecule has 0 spiro atoms. The molecule has 1 saturated carbocycles. The van der Waals surface area contributed by atoms with Gasteiger partial charge in [0, 0.05) is 5.56 Å². The molecule has 1 unspecified atom stereocenters. The first kappa shape index (κ1) is 25.3. The molecule has 188 valence electrons. The van der Waals surface area contributed by atoms with Crippen LogP contribution in [0.3, 0.4) is 0 Å². The number of esters is 1. The summed E-state index contributed by atoms with van der Waals surface area (Å²) in [6.45, 7) is 0. The van der Waals surface area contributed by atoms with E-state index in [-0.39, 0.29) is 11.7 Å². The number of methoxy groups -OCH3 is 1. The number of para-hydroxylation sites is 3. The molecular formula is C30H33NO5. The number of amides is 1. The highest BCUT2D eigenvalue weighted by Crippen LogP contribution is 2.34. The zero-order chi connectivity index (χ0) is 25.2. The van der Waals surface area contributed by atoms with Crippen molar-refractivity contribution in [2.24, 2.45) is 0 Å². The first-order valence-corrected chi connectivity index (χ1v) is 12.6. The first-order valence-electron chi connectivity index (χ1n) is 12.6. The number of ether oxygens (including phenoxy) is 3. The van der Waals surface area contributed by atoms with Crippen molar-refractivity contribution in [2.45, 2.75) is 57.2 Å². The van der Waals surface area contributed by atoms with Gasteiger partial charge in [-0.25, -0.2) is 4.79 Å². The molecule has 0 aliphatic heterocycles. The number of hydrogen-bond acceptors (Lipinski definition) is 5. The van der Waals surface area contributed by atoms with Crippen LogP contribution in [0.15, 0.2) is 78.9 Å². The number of nitrogens with one attached hydrogen (secondary N) is 1. The predicted octanol–water partition coefficient (Wildman–Crippen LogP) is 6.72. The maximum atomic E-state index is 13.5. The van der Waals surface area contributed by atoms with Crippen molar-refractivity contribution in [2.75, 3.05) is 12.4 Å². The number of anilines is 1. The van der Waals surface area contributed by atoms with E-state index in [0.29, 0.717) is 22.7 Å². The van der Waals surface area contributed by atoms with Gasteiger partial charge in [0.05, 0.1) is 24.5 Å². The quantitative estimate of drug-likeness (QED) is 0.357. The highest BCUT2D eigenvalue weighted by molar-refractivity contribution is 6.02. The molecule has 36 heavy (non-hydrogen) atoms. The number of hydrogen-bond donors (Lipinski definition) is 1. The van der Waals surface area contributed by atoms with Gasteiger partial charge in [-0.05, 0) is 49.9 Å². The third kappa shape index (κ3) is 6.66. The van der Waals surface area contributed by atoms with Crippen molar-refractivity contribution in [3.8, 4) is 11.5 Å². The molecular weight excluding hydrogens is 454 g/mol. The van der Waals surface area contributed by atoms with Crippen LogP contribution in [0.4, 0.5) is 5.69 Å². The van der Waals surface area contributed by atoms with E-state index in [1.54, 1.807) is 24.3 Å². The molecule has 0 radical (unpaired) electrons. The lowest BCUT2D eigenvalue weighted by molar-refractivity contribution is -0.123. The number of rotatable bonds is 8. The van der Waals surface area contributed by atoms with Crippen molar-refractivity contribution in [1.29, 1.82) is 0 Å². The molecule has 6 nitrogen and oxygen atoms in total. The molecule has 0 bridgehead atoms. The summed E-state index contributed by atoms with van der Waals surface area (Å²) in [4.78, 5) is 25.7. The molecule has 3 aromatic rings. The summed E-state index contributed by atoms with van der Waals surface area (Å²) in [5.41, 5.74) is 1.32. The molecule has 1 N–H and O–H groups in total. The third-order valence-electron chi connectivity index (χ3n) is 6.37. The highest BCUT2D eigenvalue weighted by atomic mass is 16.5.